The Balaban J connectivity index is 2.83. The minimum atomic E-state index is -0.551. The maximum atomic E-state index is 13.0. The molecule has 4 heteroatoms. The van der Waals surface area contributed by atoms with Crippen molar-refractivity contribution in [3.05, 3.63) is 36.0 Å². The largest absolute Gasteiger partial charge is 0.233 e. The van der Waals surface area contributed by atoms with Crippen molar-refractivity contribution in [2.45, 2.75) is 0 Å². The Morgan fingerprint density at radius 3 is 3.08 bits per heavy atom. The van der Waals surface area contributed by atoms with E-state index in [2.05, 4.69) is 16.3 Å². The molecule has 2 rings (SSSR count). The molecule has 61 valence electrons. The Bertz CT molecular complexity index is 502. The van der Waals surface area contributed by atoms with Gasteiger partial charge in [0.15, 0.2) is 6.33 Å². The Morgan fingerprint density at radius 2 is 2.31 bits per heavy atom. The van der Waals surface area contributed by atoms with Gasteiger partial charge >= 0.3 is 0 Å². The average molecular weight is 172 g/mol. The summed E-state index contributed by atoms with van der Waals surface area (Å²) in [5.74, 6) is -0.551. The number of fused-ring (bicyclic) bond motifs is 1. The summed E-state index contributed by atoms with van der Waals surface area (Å²) < 4.78 is 13.0. The highest BCUT2D eigenvalue weighted by atomic mass is 19.1. The zero-order valence-corrected chi connectivity index (χ0v) is 6.45. The van der Waals surface area contributed by atoms with Gasteiger partial charge in [0, 0.05) is 11.6 Å². The quantitative estimate of drug-likeness (QED) is 0.604. The monoisotopic (exact) mass is 172 g/mol. The summed E-state index contributed by atoms with van der Waals surface area (Å²) >= 11 is 0. The van der Waals surface area contributed by atoms with Gasteiger partial charge in [0.2, 0.25) is 0 Å². The van der Waals surface area contributed by atoms with Crippen LogP contribution in [0.5, 0.6) is 0 Å². The molecule has 3 nitrogen and oxygen atoms in total. The molecule has 0 N–H and O–H groups in total. The maximum absolute atomic E-state index is 13.0. The fraction of sp³-hybridized carbons (Fsp3) is 0. The standard InChI is InChI=1S/C9H3FN3/c10-8-1-7-4-12-5-13-9(7)2-6(8)3-11/h1-2,4H. The van der Waals surface area contributed by atoms with Crippen molar-refractivity contribution in [3.8, 4) is 6.07 Å². The third-order valence-corrected chi connectivity index (χ3v) is 1.67. The Kier molecular flexibility index (Phi) is 1.64. The van der Waals surface area contributed by atoms with Crippen molar-refractivity contribution in [3.63, 3.8) is 0 Å². The highest BCUT2D eigenvalue weighted by molar-refractivity contribution is 5.78. The van der Waals surface area contributed by atoms with E-state index in [0.717, 1.165) is 0 Å². The molecular formula is C9H3FN3. The lowest BCUT2D eigenvalue weighted by molar-refractivity contribution is 0.625. The van der Waals surface area contributed by atoms with Gasteiger partial charge in [-0.15, -0.1) is 0 Å². The van der Waals surface area contributed by atoms with Crippen LogP contribution in [0.2, 0.25) is 0 Å². The van der Waals surface area contributed by atoms with E-state index >= 15 is 0 Å². The van der Waals surface area contributed by atoms with Gasteiger partial charge in [-0.3, -0.25) is 0 Å². The lowest BCUT2D eigenvalue weighted by Crippen LogP contribution is -1.87. The van der Waals surface area contributed by atoms with E-state index < -0.39 is 5.82 Å². The number of hydrogen-bond acceptors (Lipinski definition) is 3. The second kappa shape index (κ2) is 2.79. The van der Waals surface area contributed by atoms with E-state index in [0.29, 0.717) is 10.9 Å². The van der Waals surface area contributed by atoms with E-state index in [1.165, 1.54) is 18.3 Å². The molecule has 0 unspecified atom stereocenters. The molecule has 2 aromatic rings. The number of halogens is 1. The summed E-state index contributed by atoms with van der Waals surface area (Å²) in [6, 6.07) is 4.35. The second-order valence-corrected chi connectivity index (χ2v) is 2.47. The molecule has 1 aromatic carbocycles. The zero-order valence-electron chi connectivity index (χ0n) is 6.45. The fourth-order valence-corrected chi connectivity index (χ4v) is 1.04. The highest BCUT2D eigenvalue weighted by Crippen LogP contribution is 2.15. The Morgan fingerprint density at radius 1 is 1.46 bits per heavy atom. The van der Waals surface area contributed by atoms with Crippen LogP contribution in [0.4, 0.5) is 4.39 Å². The van der Waals surface area contributed by atoms with Crippen LogP contribution < -0.4 is 0 Å². The highest BCUT2D eigenvalue weighted by Gasteiger charge is 2.03. The van der Waals surface area contributed by atoms with Crippen molar-refractivity contribution >= 4 is 10.9 Å². The third kappa shape index (κ3) is 1.20. The fourth-order valence-electron chi connectivity index (χ4n) is 1.04. The molecule has 0 saturated heterocycles. The van der Waals surface area contributed by atoms with E-state index in [1.807, 2.05) is 0 Å². The van der Waals surface area contributed by atoms with E-state index in [-0.39, 0.29) is 5.56 Å². The predicted octanol–water partition coefficient (Wildman–Crippen LogP) is 1.44. The molecular weight excluding hydrogens is 169 g/mol. The molecule has 0 atom stereocenters. The zero-order chi connectivity index (χ0) is 9.26. The lowest BCUT2D eigenvalue weighted by Gasteiger charge is -1.96. The summed E-state index contributed by atoms with van der Waals surface area (Å²) in [7, 11) is 0. The van der Waals surface area contributed by atoms with Gasteiger partial charge < -0.3 is 0 Å². The number of aromatic nitrogens is 2. The Labute approximate surface area is 73.5 Å². The number of nitriles is 1. The SMILES string of the molecule is N#Cc1cc2n[c]ncc2cc1F. The van der Waals surface area contributed by atoms with Gasteiger partial charge in [-0.2, -0.15) is 5.26 Å². The molecule has 0 aliphatic rings. The molecule has 0 fully saturated rings. The molecule has 0 aliphatic carbocycles. The van der Waals surface area contributed by atoms with Gasteiger partial charge in [0.25, 0.3) is 0 Å². The van der Waals surface area contributed by atoms with Gasteiger partial charge in [0.05, 0.1) is 11.1 Å². The molecule has 0 bridgehead atoms. The summed E-state index contributed by atoms with van der Waals surface area (Å²) in [5, 5.41) is 9.10. The Hall–Kier alpha value is -2.02. The molecule has 0 aliphatic heterocycles. The van der Waals surface area contributed by atoms with Gasteiger partial charge in [0.1, 0.15) is 11.9 Å². The molecule has 1 radical (unpaired) electrons. The number of hydrogen-bond donors (Lipinski definition) is 0. The third-order valence-electron chi connectivity index (χ3n) is 1.67. The van der Waals surface area contributed by atoms with Crippen LogP contribution in [0.25, 0.3) is 10.9 Å². The first-order valence-corrected chi connectivity index (χ1v) is 3.53. The van der Waals surface area contributed by atoms with Crippen molar-refractivity contribution in [2.75, 3.05) is 0 Å². The normalized spacial score (nSPS) is 9.85. The molecule has 1 aromatic heterocycles. The molecule has 0 saturated carbocycles. The van der Waals surface area contributed by atoms with Crippen molar-refractivity contribution < 1.29 is 4.39 Å². The summed E-state index contributed by atoms with van der Waals surface area (Å²) in [4.78, 5) is 7.40. The molecule has 0 amide bonds. The van der Waals surface area contributed by atoms with E-state index in [9.17, 15) is 4.39 Å². The molecule has 13 heavy (non-hydrogen) atoms. The summed E-state index contributed by atoms with van der Waals surface area (Å²) in [6.07, 6.45) is 3.83. The van der Waals surface area contributed by atoms with Gasteiger partial charge in [-0.1, -0.05) is 0 Å². The van der Waals surface area contributed by atoms with E-state index in [1.54, 1.807) is 6.07 Å². The van der Waals surface area contributed by atoms with Crippen molar-refractivity contribution in [1.82, 2.24) is 9.97 Å². The van der Waals surface area contributed by atoms with E-state index in [4.69, 9.17) is 5.26 Å². The topological polar surface area (TPSA) is 49.6 Å². The van der Waals surface area contributed by atoms with Gasteiger partial charge in [-0.05, 0) is 12.1 Å². The van der Waals surface area contributed by atoms with Crippen molar-refractivity contribution in [2.24, 2.45) is 0 Å². The van der Waals surface area contributed by atoms with Crippen LogP contribution in [0.1, 0.15) is 5.56 Å². The summed E-state index contributed by atoms with van der Waals surface area (Å²) in [5.41, 5.74) is 0.507. The first kappa shape index (κ1) is 7.62. The van der Waals surface area contributed by atoms with Crippen molar-refractivity contribution in [1.29, 1.82) is 5.26 Å². The maximum Gasteiger partial charge on any atom is 0.198 e. The summed E-state index contributed by atoms with van der Waals surface area (Å²) in [6.45, 7) is 0. The minimum absolute atomic E-state index is 0.0143. The van der Waals surface area contributed by atoms with Gasteiger partial charge in [-0.25, -0.2) is 14.4 Å². The van der Waals surface area contributed by atoms with Crippen LogP contribution in [-0.4, -0.2) is 9.97 Å². The predicted molar refractivity (Wildman–Crippen MR) is 43.0 cm³/mol. The number of rotatable bonds is 0. The first-order chi connectivity index (χ1) is 6.31. The second-order valence-electron chi connectivity index (χ2n) is 2.47. The van der Waals surface area contributed by atoms with Crippen LogP contribution in [-0.2, 0) is 0 Å². The average Bonchev–Trinajstić information content (AvgIpc) is 2.17. The van der Waals surface area contributed by atoms with Crippen LogP contribution in [0, 0.1) is 23.5 Å². The first-order valence-electron chi connectivity index (χ1n) is 3.53. The number of nitrogens with zero attached hydrogens (tertiary/aromatic N) is 3. The lowest BCUT2D eigenvalue weighted by atomic mass is 10.1. The smallest absolute Gasteiger partial charge is 0.198 e. The van der Waals surface area contributed by atoms with Crippen LogP contribution >= 0.6 is 0 Å². The number of benzene rings is 1. The minimum Gasteiger partial charge on any atom is -0.233 e. The van der Waals surface area contributed by atoms with Crippen LogP contribution in [0.3, 0.4) is 0 Å². The molecule has 0 spiro atoms. The van der Waals surface area contributed by atoms with Crippen LogP contribution in [0.15, 0.2) is 18.3 Å². The molecule has 1 heterocycles.